The number of aromatic carboxylic acids is 1. The average molecular weight is 325 g/mol. The lowest BCUT2D eigenvalue weighted by Gasteiger charge is -2.13. The van der Waals surface area contributed by atoms with E-state index in [1.165, 1.54) is 24.3 Å². The van der Waals surface area contributed by atoms with E-state index in [4.69, 9.17) is 10.8 Å². The molecule has 4 nitrogen and oxygen atoms in total. The van der Waals surface area contributed by atoms with Gasteiger partial charge >= 0.3 is 5.97 Å². The summed E-state index contributed by atoms with van der Waals surface area (Å²) in [5, 5.41) is 12.0. The standard InChI is InChI=1S/C13H10BrFN2O2/c14-9-6-7(15)4-5-11(9)17-12-8(13(18)19)2-1-3-10(12)16/h1-6,17H,16H2,(H,18,19). The van der Waals surface area contributed by atoms with Gasteiger partial charge in [-0.1, -0.05) is 6.07 Å². The largest absolute Gasteiger partial charge is 0.478 e. The first-order valence-corrected chi connectivity index (χ1v) is 6.12. The molecule has 0 radical (unpaired) electrons. The van der Waals surface area contributed by atoms with E-state index in [9.17, 15) is 9.18 Å². The van der Waals surface area contributed by atoms with E-state index in [1.807, 2.05) is 0 Å². The summed E-state index contributed by atoms with van der Waals surface area (Å²) in [7, 11) is 0. The third kappa shape index (κ3) is 2.85. The molecule has 0 amide bonds. The molecule has 0 fully saturated rings. The fourth-order valence-electron chi connectivity index (χ4n) is 1.61. The summed E-state index contributed by atoms with van der Waals surface area (Å²) in [4.78, 5) is 11.1. The summed E-state index contributed by atoms with van der Waals surface area (Å²) in [6.07, 6.45) is 0. The Hall–Kier alpha value is -2.08. The molecule has 0 heterocycles. The zero-order valence-electron chi connectivity index (χ0n) is 9.65. The number of carboxylic acid groups (broad SMARTS) is 1. The van der Waals surface area contributed by atoms with Gasteiger partial charge in [0.1, 0.15) is 5.82 Å². The average Bonchev–Trinajstić information content (AvgIpc) is 2.34. The van der Waals surface area contributed by atoms with Gasteiger partial charge in [0.25, 0.3) is 0 Å². The smallest absolute Gasteiger partial charge is 0.337 e. The Morgan fingerprint density at radius 3 is 2.68 bits per heavy atom. The summed E-state index contributed by atoms with van der Waals surface area (Å²) in [6, 6.07) is 8.64. The molecular weight excluding hydrogens is 315 g/mol. The molecule has 2 aromatic rings. The third-order valence-corrected chi connectivity index (χ3v) is 3.17. The van der Waals surface area contributed by atoms with Crippen molar-refractivity contribution in [1.29, 1.82) is 0 Å². The van der Waals surface area contributed by atoms with Crippen molar-refractivity contribution in [2.75, 3.05) is 11.1 Å². The predicted molar refractivity (Wildman–Crippen MR) is 75.2 cm³/mol. The summed E-state index contributed by atoms with van der Waals surface area (Å²) in [5.41, 5.74) is 6.94. The lowest BCUT2D eigenvalue weighted by atomic mass is 10.1. The third-order valence-electron chi connectivity index (χ3n) is 2.52. The number of nitrogens with two attached hydrogens (primary N) is 1. The van der Waals surface area contributed by atoms with Crippen LogP contribution in [0.25, 0.3) is 0 Å². The van der Waals surface area contributed by atoms with Crippen molar-refractivity contribution in [2.24, 2.45) is 0 Å². The van der Waals surface area contributed by atoms with Crippen LogP contribution in [0.2, 0.25) is 0 Å². The molecule has 0 aliphatic heterocycles. The van der Waals surface area contributed by atoms with Gasteiger partial charge in [-0.15, -0.1) is 0 Å². The number of benzene rings is 2. The normalized spacial score (nSPS) is 10.2. The molecule has 2 rings (SSSR count). The molecule has 98 valence electrons. The fraction of sp³-hybridized carbons (Fsp3) is 0. The maximum Gasteiger partial charge on any atom is 0.337 e. The highest BCUT2D eigenvalue weighted by molar-refractivity contribution is 9.10. The van der Waals surface area contributed by atoms with Crippen LogP contribution in [0.3, 0.4) is 0 Å². The van der Waals surface area contributed by atoms with Gasteiger partial charge in [0, 0.05) is 4.47 Å². The monoisotopic (exact) mass is 324 g/mol. The first-order valence-electron chi connectivity index (χ1n) is 5.33. The van der Waals surface area contributed by atoms with Crippen LogP contribution in [0.4, 0.5) is 21.5 Å². The Labute approximate surface area is 117 Å². The number of rotatable bonds is 3. The number of nitrogens with one attached hydrogen (secondary N) is 1. The minimum absolute atomic E-state index is 0.0521. The molecule has 0 unspecified atom stereocenters. The molecule has 4 N–H and O–H groups in total. The Bertz CT molecular complexity index is 647. The van der Waals surface area contributed by atoms with Gasteiger partial charge < -0.3 is 16.2 Å². The van der Waals surface area contributed by atoms with Gasteiger partial charge in [0.15, 0.2) is 0 Å². The molecule has 0 atom stereocenters. The van der Waals surface area contributed by atoms with Crippen molar-refractivity contribution in [3.63, 3.8) is 0 Å². The number of hydrogen-bond donors (Lipinski definition) is 3. The van der Waals surface area contributed by atoms with Crippen molar-refractivity contribution in [3.05, 3.63) is 52.3 Å². The van der Waals surface area contributed by atoms with Gasteiger partial charge in [0.2, 0.25) is 0 Å². The lowest BCUT2D eigenvalue weighted by Crippen LogP contribution is -2.06. The summed E-state index contributed by atoms with van der Waals surface area (Å²) in [5.74, 6) is -1.48. The van der Waals surface area contributed by atoms with Gasteiger partial charge in [-0.3, -0.25) is 0 Å². The summed E-state index contributed by atoms with van der Waals surface area (Å²) in [6.45, 7) is 0. The minimum Gasteiger partial charge on any atom is -0.478 e. The highest BCUT2D eigenvalue weighted by Gasteiger charge is 2.13. The topological polar surface area (TPSA) is 75.4 Å². The molecule has 0 aliphatic carbocycles. The Morgan fingerprint density at radius 2 is 2.05 bits per heavy atom. The van der Waals surface area contributed by atoms with Gasteiger partial charge in [-0.05, 0) is 46.3 Å². The zero-order chi connectivity index (χ0) is 14.0. The maximum absolute atomic E-state index is 13.0. The van der Waals surface area contributed by atoms with Crippen LogP contribution in [0.1, 0.15) is 10.4 Å². The van der Waals surface area contributed by atoms with E-state index >= 15 is 0 Å². The summed E-state index contributed by atoms with van der Waals surface area (Å²) >= 11 is 3.20. The lowest BCUT2D eigenvalue weighted by molar-refractivity contribution is 0.0698. The first kappa shape index (κ1) is 13.4. The van der Waals surface area contributed by atoms with Crippen molar-refractivity contribution in [3.8, 4) is 0 Å². The van der Waals surface area contributed by atoms with Gasteiger partial charge in [-0.25, -0.2) is 9.18 Å². The van der Waals surface area contributed by atoms with Gasteiger partial charge in [-0.2, -0.15) is 0 Å². The molecular formula is C13H10BrFN2O2. The predicted octanol–water partition coefficient (Wildman–Crippen LogP) is 3.61. The van der Waals surface area contributed by atoms with Crippen LogP contribution in [0, 0.1) is 5.82 Å². The second kappa shape index (κ2) is 5.27. The minimum atomic E-state index is -1.09. The number of carboxylic acids is 1. The molecule has 0 saturated heterocycles. The molecule has 0 bridgehead atoms. The van der Waals surface area contributed by atoms with E-state index in [-0.39, 0.29) is 11.3 Å². The van der Waals surface area contributed by atoms with Gasteiger partial charge in [0.05, 0.1) is 22.6 Å². The number of anilines is 3. The van der Waals surface area contributed by atoms with E-state index in [0.29, 0.717) is 15.8 Å². The van der Waals surface area contributed by atoms with Crippen LogP contribution in [0.5, 0.6) is 0 Å². The van der Waals surface area contributed by atoms with E-state index < -0.39 is 11.8 Å². The second-order valence-electron chi connectivity index (χ2n) is 3.82. The molecule has 6 heteroatoms. The number of nitrogen functional groups attached to an aromatic ring is 1. The molecule has 2 aromatic carbocycles. The number of para-hydroxylation sites is 1. The van der Waals surface area contributed by atoms with Crippen LogP contribution in [0.15, 0.2) is 40.9 Å². The maximum atomic E-state index is 13.0. The van der Waals surface area contributed by atoms with E-state index in [2.05, 4.69) is 21.2 Å². The number of halogens is 2. The van der Waals surface area contributed by atoms with Crippen LogP contribution in [-0.2, 0) is 0 Å². The molecule has 0 aliphatic rings. The SMILES string of the molecule is Nc1cccc(C(=O)O)c1Nc1ccc(F)cc1Br. The van der Waals surface area contributed by atoms with Crippen LogP contribution < -0.4 is 11.1 Å². The molecule has 0 saturated carbocycles. The van der Waals surface area contributed by atoms with Crippen molar-refractivity contribution in [1.82, 2.24) is 0 Å². The van der Waals surface area contributed by atoms with Crippen molar-refractivity contribution < 1.29 is 14.3 Å². The highest BCUT2D eigenvalue weighted by atomic mass is 79.9. The number of carbonyl (C=O) groups is 1. The Balaban J connectivity index is 2.46. The van der Waals surface area contributed by atoms with E-state index in [1.54, 1.807) is 12.1 Å². The zero-order valence-corrected chi connectivity index (χ0v) is 11.2. The first-order chi connectivity index (χ1) is 8.99. The van der Waals surface area contributed by atoms with Crippen LogP contribution >= 0.6 is 15.9 Å². The number of hydrogen-bond acceptors (Lipinski definition) is 3. The van der Waals surface area contributed by atoms with Crippen molar-refractivity contribution in [2.45, 2.75) is 0 Å². The fourth-order valence-corrected chi connectivity index (χ4v) is 2.06. The molecule has 0 aromatic heterocycles. The van der Waals surface area contributed by atoms with Crippen LogP contribution in [-0.4, -0.2) is 11.1 Å². The van der Waals surface area contributed by atoms with E-state index in [0.717, 1.165) is 0 Å². The Kier molecular flexibility index (Phi) is 3.71. The summed E-state index contributed by atoms with van der Waals surface area (Å²) < 4.78 is 13.5. The second-order valence-corrected chi connectivity index (χ2v) is 4.68. The van der Waals surface area contributed by atoms with Crippen molar-refractivity contribution >= 4 is 39.0 Å². The highest BCUT2D eigenvalue weighted by Crippen LogP contribution is 2.31. The quantitative estimate of drug-likeness (QED) is 0.754. The molecule has 0 spiro atoms. The molecule has 19 heavy (non-hydrogen) atoms. The Morgan fingerprint density at radius 1 is 1.32 bits per heavy atom.